The summed E-state index contributed by atoms with van der Waals surface area (Å²) in [6.45, 7) is 5.61. The number of piperidine rings is 1. The molecule has 1 N–H and O–H groups in total. The predicted octanol–water partition coefficient (Wildman–Crippen LogP) is 5.26. The number of Topliss-reactive ketones (excluding diaryl/α,β-unsaturated/α-hetero) is 2. The van der Waals surface area contributed by atoms with Crippen molar-refractivity contribution in [3.63, 3.8) is 0 Å². The lowest BCUT2D eigenvalue weighted by atomic mass is 9.95. The van der Waals surface area contributed by atoms with Crippen LogP contribution in [0.1, 0.15) is 85.0 Å². The van der Waals surface area contributed by atoms with Gasteiger partial charge in [-0.2, -0.15) is 5.10 Å². The van der Waals surface area contributed by atoms with Gasteiger partial charge in [-0.15, -0.1) is 0 Å². The molecule has 11 nitrogen and oxygen atoms in total. The zero-order valence-electron chi connectivity index (χ0n) is 28.1. The molecule has 1 aliphatic carbocycles. The minimum absolute atomic E-state index is 0.0115. The smallest absolute Gasteiger partial charge is 0.245 e. The third-order valence-electron chi connectivity index (χ3n) is 10.3. The number of amides is 2. The Morgan fingerprint density at radius 2 is 1.73 bits per heavy atom. The molecule has 2 aliphatic heterocycles. The lowest BCUT2D eigenvalue weighted by molar-refractivity contribution is -0.139. The van der Waals surface area contributed by atoms with E-state index in [0.29, 0.717) is 53.0 Å². The highest BCUT2D eigenvalue weighted by Crippen LogP contribution is 2.59. The van der Waals surface area contributed by atoms with Crippen molar-refractivity contribution in [2.45, 2.75) is 97.2 Å². The van der Waals surface area contributed by atoms with Crippen molar-refractivity contribution in [1.29, 1.82) is 0 Å². The van der Waals surface area contributed by atoms with Gasteiger partial charge in [-0.3, -0.25) is 23.9 Å². The number of benzene rings is 1. The van der Waals surface area contributed by atoms with Gasteiger partial charge in [0.2, 0.25) is 11.8 Å². The lowest BCUT2D eigenvalue weighted by Gasteiger charge is -2.27. The molecule has 0 spiro atoms. The molecule has 3 atom stereocenters. The minimum Gasteiger partial charge on any atom is -0.355 e. The van der Waals surface area contributed by atoms with Crippen LogP contribution in [0.3, 0.4) is 0 Å². The van der Waals surface area contributed by atoms with E-state index in [9.17, 15) is 19.2 Å². The summed E-state index contributed by atoms with van der Waals surface area (Å²) in [5.74, 6) is 0.186. The van der Waals surface area contributed by atoms with Crippen molar-refractivity contribution < 1.29 is 19.2 Å². The zero-order chi connectivity index (χ0) is 34.4. The highest BCUT2D eigenvalue weighted by Gasteiger charge is 2.66. The molecule has 49 heavy (non-hydrogen) atoms. The number of aryl methyl sites for hydroxylation is 3. The van der Waals surface area contributed by atoms with Crippen LogP contribution in [0.25, 0.3) is 22.0 Å². The summed E-state index contributed by atoms with van der Waals surface area (Å²) in [5, 5.41) is 8.57. The van der Waals surface area contributed by atoms with Gasteiger partial charge in [-0.25, -0.2) is 15.0 Å². The highest BCUT2D eigenvalue weighted by atomic mass is 79.9. The van der Waals surface area contributed by atoms with E-state index in [1.807, 2.05) is 32.0 Å². The van der Waals surface area contributed by atoms with Crippen LogP contribution in [0.5, 0.6) is 0 Å². The lowest BCUT2D eigenvalue weighted by Crippen LogP contribution is -2.45. The number of ketones is 2. The van der Waals surface area contributed by atoms with E-state index >= 15 is 0 Å². The predicted molar refractivity (Wildman–Crippen MR) is 187 cm³/mol. The van der Waals surface area contributed by atoms with Gasteiger partial charge in [0.05, 0.1) is 18.0 Å². The van der Waals surface area contributed by atoms with Gasteiger partial charge in [0.1, 0.15) is 22.7 Å². The van der Waals surface area contributed by atoms with Crippen LogP contribution in [-0.4, -0.2) is 71.6 Å². The molecule has 3 aliphatic rings. The van der Waals surface area contributed by atoms with Crippen LogP contribution < -0.4 is 5.32 Å². The average Bonchev–Trinajstić information content (AvgIpc) is 3.46. The molecular weight excluding hydrogens is 686 g/mol. The van der Waals surface area contributed by atoms with Crippen molar-refractivity contribution in [2.24, 2.45) is 5.41 Å². The number of halogens is 1. The van der Waals surface area contributed by atoms with Gasteiger partial charge >= 0.3 is 0 Å². The number of aromatic nitrogens is 5. The maximum atomic E-state index is 14.4. The molecule has 1 saturated carbocycles. The number of carbonyl (C=O) groups excluding carboxylic acids is 4. The van der Waals surface area contributed by atoms with Gasteiger partial charge < -0.3 is 10.2 Å². The van der Waals surface area contributed by atoms with E-state index in [1.165, 1.54) is 6.92 Å². The van der Waals surface area contributed by atoms with Gasteiger partial charge in [0, 0.05) is 60.4 Å². The Morgan fingerprint density at radius 3 is 2.47 bits per heavy atom. The molecular formula is C37H40BrN7O4. The molecule has 4 aromatic rings. The first-order chi connectivity index (χ1) is 23.5. The number of hydrogen-bond donors (Lipinski definition) is 1. The second-order valence-electron chi connectivity index (χ2n) is 14.0. The number of nitrogens with one attached hydrogen (secondary N) is 1. The molecule has 1 saturated heterocycles. The van der Waals surface area contributed by atoms with Crippen LogP contribution in [0.2, 0.25) is 0 Å². The molecule has 2 fully saturated rings. The molecule has 0 radical (unpaired) electrons. The number of rotatable bonds is 5. The van der Waals surface area contributed by atoms with Crippen molar-refractivity contribution >= 4 is 50.2 Å². The molecule has 12 heteroatoms. The fraction of sp³-hybridized carbons (Fsp3) is 0.459. The number of carbonyl (C=O) groups is 4. The Labute approximate surface area is 293 Å². The fourth-order valence-corrected chi connectivity index (χ4v) is 8.39. The zero-order valence-corrected chi connectivity index (χ0v) is 29.7. The Balaban J connectivity index is 1.28. The van der Waals surface area contributed by atoms with E-state index in [0.717, 1.165) is 59.9 Å². The number of hydrogen-bond acceptors (Lipinski definition) is 8. The van der Waals surface area contributed by atoms with Crippen LogP contribution in [0.15, 0.2) is 41.3 Å². The summed E-state index contributed by atoms with van der Waals surface area (Å²) in [7, 11) is 0. The summed E-state index contributed by atoms with van der Waals surface area (Å²) in [6, 6.07) is 7.00. The number of nitrogens with zero attached hydrogens (tertiary/aromatic N) is 6. The Hall–Kier alpha value is -4.32. The monoisotopic (exact) mass is 725 g/mol. The van der Waals surface area contributed by atoms with Crippen molar-refractivity contribution in [3.05, 3.63) is 69.6 Å². The third-order valence-corrected chi connectivity index (χ3v) is 10.7. The van der Waals surface area contributed by atoms with E-state index < -0.39 is 6.04 Å². The normalized spacial score (nSPS) is 22.8. The van der Waals surface area contributed by atoms with Crippen LogP contribution >= 0.6 is 15.9 Å². The first kappa shape index (κ1) is 33.2. The van der Waals surface area contributed by atoms with E-state index in [2.05, 4.69) is 42.3 Å². The molecule has 2 bridgehead atoms. The van der Waals surface area contributed by atoms with Crippen LogP contribution in [0, 0.1) is 19.3 Å². The molecule has 1 aromatic carbocycles. The maximum absolute atomic E-state index is 14.4. The third kappa shape index (κ3) is 6.67. The first-order valence-corrected chi connectivity index (χ1v) is 17.9. The van der Waals surface area contributed by atoms with Crippen molar-refractivity contribution in [2.75, 3.05) is 6.54 Å². The minimum atomic E-state index is -0.648. The van der Waals surface area contributed by atoms with E-state index in [1.54, 1.807) is 22.0 Å². The highest BCUT2D eigenvalue weighted by molar-refractivity contribution is 9.10. The van der Waals surface area contributed by atoms with E-state index in [-0.39, 0.29) is 47.8 Å². The molecule has 254 valence electrons. The van der Waals surface area contributed by atoms with Gasteiger partial charge in [0.15, 0.2) is 11.6 Å². The maximum Gasteiger partial charge on any atom is 0.245 e. The Bertz CT molecular complexity index is 1970. The van der Waals surface area contributed by atoms with Crippen LogP contribution in [-0.2, 0) is 33.8 Å². The fourth-order valence-electron chi connectivity index (χ4n) is 7.80. The van der Waals surface area contributed by atoms with Gasteiger partial charge in [-0.05, 0) is 103 Å². The Kier molecular flexibility index (Phi) is 8.93. The molecule has 2 amide bonds. The van der Waals surface area contributed by atoms with E-state index in [4.69, 9.17) is 5.10 Å². The summed E-state index contributed by atoms with van der Waals surface area (Å²) in [6.07, 6.45) is 9.53. The molecule has 5 heterocycles. The summed E-state index contributed by atoms with van der Waals surface area (Å²) < 4.78 is 2.33. The first-order valence-electron chi connectivity index (χ1n) is 17.1. The topological polar surface area (TPSA) is 140 Å². The largest absolute Gasteiger partial charge is 0.355 e. The van der Waals surface area contributed by atoms with Crippen molar-refractivity contribution in [1.82, 2.24) is 34.9 Å². The summed E-state index contributed by atoms with van der Waals surface area (Å²) >= 11 is 3.44. The SMILES string of the molecule is CC(=O)c1nn2c3c(cc(-c4cnc(C)nc4)cc13)CCCCCCC(=O)NC[C@@]13C[C@@H](C(=O)Cc4cc(C)cc(Br)n4)N(C(=O)C2)[C@@H]1C3. The second-order valence-corrected chi connectivity index (χ2v) is 14.8. The average molecular weight is 727 g/mol. The Morgan fingerprint density at radius 1 is 0.980 bits per heavy atom. The standard InChI is InChI=1S/C37H40BrN7O4/c1-21-10-27(42-32(38)11-21)14-30(47)29-15-37-16-31(37)45(29)34(49)19-44-36-24(8-6-4-5-7-9-33(48)41-20-37)12-25(26-17-39-23(3)40-18-26)13-28(36)35(43-44)22(2)46/h10-13,17-18,29,31H,4-9,14-16,19-20H2,1-3H3,(H,41,48)/t29-,31+,37-/m0/s1. The second kappa shape index (κ2) is 13.2. The molecule has 7 rings (SSSR count). The number of pyridine rings is 1. The quantitative estimate of drug-likeness (QED) is 0.217. The summed E-state index contributed by atoms with van der Waals surface area (Å²) in [5.41, 5.74) is 5.04. The van der Waals surface area contributed by atoms with Crippen molar-refractivity contribution in [3.8, 4) is 11.1 Å². The molecule has 0 unspecified atom stereocenters. The molecule has 3 aromatic heterocycles. The van der Waals surface area contributed by atoms with Crippen LogP contribution in [0.4, 0.5) is 0 Å². The summed E-state index contributed by atoms with van der Waals surface area (Å²) in [4.78, 5) is 69.3. The van der Waals surface area contributed by atoms with Gasteiger partial charge in [0.25, 0.3) is 0 Å². The van der Waals surface area contributed by atoms with Gasteiger partial charge in [-0.1, -0.05) is 12.8 Å².